The van der Waals surface area contributed by atoms with Crippen LogP contribution in [0.1, 0.15) is 19.3 Å². The Hall–Kier alpha value is -1.22. The molecule has 1 aromatic rings. The molecule has 3 heteroatoms. The van der Waals surface area contributed by atoms with Gasteiger partial charge in [-0.05, 0) is 31.4 Å². The van der Waals surface area contributed by atoms with Crippen molar-refractivity contribution in [1.82, 2.24) is 0 Å². The average molecular weight is 221 g/mol. The lowest BCUT2D eigenvalue weighted by molar-refractivity contribution is 0.276. The lowest BCUT2D eigenvalue weighted by Gasteiger charge is -2.26. The lowest BCUT2D eigenvalue weighted by Crippen LogP contribution is -2.29. The van der Waals surface area contributed by atoms with E-state index in [-0.39, 0.29) is 6.61 Å². The molecule has 16 heavy (non-hydrogen) atoms. The Morgan fingerprint density at radius 3 is 3.12 bits per heavy atom. The Kier molecular flexibility index (Phi) is 3.67. The van der Waals surface area contributed by atoms with Gasteiger partial charge in [0.25, 0.3) is 0 Å². The van der Waals surface area contributed by atoms with Gasteiger partial charge in [0.15, 0.2) is 0 Å². The molecule has 1 unspecified atom stereocenters. The van der Waals surface area contributed by atoms with E-state index in [9.17, 15) is 0 Å². The summed E-state index contributed by atoms with van der Waals surface area (Å²) in [6.07, 6.45) is 3.25. The molecular formula is C13H19NO2. The van der Waals surface area contributed by atoms with E-state index in [2.05, 4.69) is 17.0 Å². The molecule has 1 aliphatic rings. The van der Waals surface area contributed by atoms with Gasteiger partial charge < -0.3 is 14.7 Å². The Morgan fingerprint density at radius 1 is 1.50 bits per heavy atom. The highest BCUT2D eigenvalue weighted by Crippen LogP contribution is 2.29. The van der Waals surface area contributed by atoms with Crippen LogP contribution in [0.2, 0.25) is 0 Å². The smallest absolute Gasteiger partial charge is 0.120 e. The van der Waals surface area contributed by atoms with Crippen molar-refractivity contribution in [2.75, 3.05) is 25.2 Å². The third-order valence-corrected chi connectivity index (χ3v) is 3.22. The maximum absolute atomic E-state index is 9.04. The van der Waals surface area contributed by atoms with Gasteiger partial charge in [-0.2, -0.15) is 0 Å². The maximum Gasteiger partial charge on any atom is 0.120 e. The summed E-state index contributed by atoms with van der Waals surface area (Å²) >= 11 is 0. The highest BCUT2D eigenvalue weighted by molar-refractivity contribution is 5.52. The molecule has 1 N–H and O–H groups in total. The van der Waals surface area contributed by atoms with Gasteiger partial charge in [-0.15, -0.1) is 0 Å². The SMILES string of the molecule is COc1cccc(N2CCCC2CCO)c1. The van der Waals surface area contributed by atoms with Gasteiger partial charge in [0.2, 0.25) is 0 Å². The van der Waals surface area contributed by atoms with E-state index in [4.69, 9.17) is 9.84 Å². The Bertz CT molecular complexity index is 340. The summed E-state index contributed by atoms with van der Waals surface area (Å²) in [5, 5.41) is 9.04. The second-order valence-corrected chi connectivity index (χ2v) is 4.20. The summed E-state index contributed by atoms with van der Waals surface area (Å²) in [5.41, 5.74) is 1.20. The molecule has 0 amide bonds. The van der Waals surface area contributed by atoms with Gasteiger partial charge in [-0.3, -0.25) is 0 Å². The molecule has 0 spiro atoms. The highest BCUT2D eigenvalue weighted by Gasteiger charge is 2.24. The molecular weight excluding hydrogens is 202 g/mol. The van der Waals surface area contributed by atoms with Gasteiger partial charge in [0.1, 0.15) is 5.75 Å². The van der Waals surface area contributed by atoms with Crippen molar-refractivity contribution < 1.29 is 9.84 Å². The number of rotatable bonds is 4. The van der Waals surface area contributed by atoms with Crippen LogP contribution in [0.15, 0.2) is 24.3 Å². The van der Waals surface area contributed by atoms with Crippen molar-refractivity contribution in [2.45, 2.75) is 25.3 Å². The van der Waals surface area contributed by atoms with Crippen molar-refractivity contribution in [3.8, 4) is 5.75 Å². The van der Waals surface area contributed by atoms with E-state index in [0.717, 1.165) is 18.7 Å². The van der Waals surface area contributed by atoms with Crippen LogP contribution in [0.3, 0.4) is 0 Å². The largest absolute Gasteiger partial charge is 0.497 e. The predicted molar refractivity (Wildman–Crippen MR) is 65.1 cm³/mol. The number of aliphatic hydroxyl groups is 1. The Labute approximate surface area is 96.6 Å². The van der Waals surface area contributed by atoms with E-state index in [1.807, 2.05) is 12.1 Å². The summed E-state index contributed by atoms with van der Waals surface area (Å²) in [5.74, 6) is 0.896. The Morgan fingerprint density at radius 2 is 2.38 bits per heavy atom. The van der Waals surface area contributed by atoms with E-state index < -0.39 is 0 Å². The second kappa shape index (κ2) is 5.21. The topological polar surface area (TPSA) is 32.7 Å². The average Bonchev–Trinajstić information content (AvgIpc) is 2.78. The third kappa shape index (κ3) is 2.30. The molecule has 0 bridgehead atoms. The van der Waals surface area contributed by atoms with Crippen LogP contribution in [0.25, 0.3) is 0 Å². The summed E-state index contributed by atoms with van der Waals surface area (Å²) < 4.78 is 5.23. The van der Waals surface area contributed by atoms with Crippen LogP contribution in [0, 0.1) is 0 Å². The summed E-state index contributed by atoms with van der Waals surface area (Å²) in [6, 6.07) is 8.63. The Balaban J connectivity index is 2.15. The summed E-state index contributed by atoms with van der Waals surface area (Å²) in [7, 11) is 1.69. The van der Waals surface area contributed by atoms with Crippen LogP contribution in [0.5, 0.6) is 5.75 Å². The van der Waals surface area contributed by atoms with Crippen molar-refractivity contribution in [2.24, 2.45) is 0 Å². The van der Waals surface area contributed by atoms with Crippen LogP contribution >= 0.6 is 0 Å². The number of nitrogens with zero attached hydrogens (tertiary/aromatic N) is 1. The molecule has 1 fully saturated rings. The van der Waals surface area contributed by atoms with Gasteiger partial charge in [-0.1, -0.05) is 6.07 Å². The fraction of sp³-hybridized carbons (Fsp3) is 0.538. The van der Waals surface area contributed by atoms with Crippen molar-refractivity contribution in [1.29, 1.82) is 0 Å². The van der Waals surface area contributed by atoms with Crippen molar-refractivity contribution in [3.63, 3.8) is 0 Å². The number of hydrogen-bond donors (Lipinski definition) is 1. The van der Waals surface area contributed by atoms with E-state index in [1.54, 1.807) is 7.11 Å². The third-order valence-electron chi connectivity index (χ3n) is 3.22. The summed E-state index contributed by atoms with van der Waals surface area (Å²) in [4.78, 5) is 2.37. The predicted octanol–water partition coefficient (Wildman–Crippen LogP) is 2.05. The minimum absolute atomic E-state index is 0.269. The van der Waals surface area contributed by atoms with Crippen LogP contribution in [-0.2, 0) is 0 Å². The zero-order chi connectivity index (χ0) is 11.4. The summed E-state index contributed by atoms with van der Waals surface area (Å²) in [6.45, 7) is 1.35. The maximum atomic E-state index is 9.04. The first-order valence-electron chi connectivity index (χ1n) is 5.86. The zero-order valence-corrected chi connectivity index (χ0v) is 9.72. The van der Waals surface area contributed by atoms with E-state index >= 15 is 0 Å². The minimum atomic E-state index is 0.269. The molecule has 0 radical (unpaired) electrons. The van der Waals surface area contributed by atoms with E-state index in [0.29, 0.717) is 6.04 Å². The van der Waals surface area contributed by atoms with Gasteiger partial charge in [0.05, 0.1) is 7.11 Å². The number of ether oxygens (including phenoxy) is 1. The monoisotopic (exact) mass is 221 g/mol. The molecule has 1 atom stereocenters. The molecule has 2 rings (SSSR count). The fourth-order valence-electron chi connectivity index (χ4n) is 2.41. The second-order valence-electron chi connectivity index (χ2n) is 4.20. The molecule has 1 saturated heterocycles. The van der Waals surface area contributed by atoms with E-state index in [1.165, 1.54) is 18.5 Å². The first kappa shape index (κ1) is 11.3. The normalized spacial score (nSPS) is 20.1. The first-order chi connectivity index (χ1) is 7.85. The number of anilines is 1. The van der Waals surface area contributed by atoms with Gasteiger partial charge >= 0.3 is 0 Å². The molecule has 3 nitrogen and oxygen atoms in total. The molecule has 1 aliphatic heterocycles. The minimum Gasteiger partial charge on any atom is -0.497 e. The number of benzene rings is 1. The molecule has 0 aromatic heterocycles. The van der Waals surface area contributed by atoms with Gasteiger partial charge in [0, 0.05) is 30.9 Å². The van der Waals surface area contributed by atoms with Gasteiger partial charge in [-0.25, -0.2) is 0 Å². The van der Waals surface area contributed by atoms with Crippen LogP contribution < -0.4 is 9.64 Å². The molecule has 1 heterocycles. The highest BCUT2D eigenvalue weighted by atomic mass is 16.5. The molecule has 1 aromatic carbocycles. The molecule has 88 valence electrons. The zero-order valence-electron chi connectivity index (χ0n) is 9.72. The van der Waals surface area contributed by atoms with Crippen molar-refractivity contribution >= 4 is 5.69 Å². The van der Waals surface area contributed by atoms with Crippen LogP contribution in [-0.4, -0.2) is 31.4 Å². The number of aliphatic hydroxyl groups excluding tert-OH is 1. The quantitative estimate of drug-likeness (QED) is 0.844. The first-order valence-corrected chi connectivity index (χ1v) is 5.86. The number of methoxy groups -OCH3 is 1. The lowest BCUT2D eigenvalue weighted by atomic mass is 10.1. The molecule has 0 saturated carbocycles. The van der Waals surface area contributed by atoms with Crippen LogP contribution in [0.4, 0.5) is 5.69 Å². The standard InChI is InChI=1S/C13H19NO2/c1-16-13-6-2-4-12(10-13)14-8-3-5-11(14)7-9-15/h2,4,6,10-11,15H,3,5,7-9H2,1H3. The van der Waals surface area contributed by atoms with Crippen molar-refractivity contribution in [3.05, 3.63) is 24.3 Å². The fourth-order valence-corrected chi connectivity index (χ4v) is 2.41. The number of hydrogen-bond acceptors (Lipinski definition) is 3. The molecule has 0 aliphatic carbocycles.